The quantitative estimate of drug-likeness (QED) is 0.503. The first-order valence-corrected chi connectivity index (χ1v) is 2.74. The van der Waals surface area contributed by atoms with Gasteiger partial charge in [-0.2, -0.15) is 0 Å². The third kappa shape index (κ3) is 0.968. The molecule has 1 unspecified atom stereocenters. The molecule has 0 bridgehead atoms. The van der Waals surface area contributed by atoms with E-state index >= 15 is 0 Å². The Kier molecular flexibility index (Phi) is 1.47. The van der Waals surface area contributed by atoms with Crippen LogP contribution in [0.15, 0.2) is 0 Å². The van der Waals surface area contributed by atoms with E-state index in [2.05, 4.69) is 0 Å². The Morgan fingerprint density at radius 1 is 1.12 bits per heavy atom. The first kappa shape index (κ1) is 5.95. The molecule has 3 heteroatoms. The third-order valence-electron chi connectivity index (χ3n) is 1.45. The molecule has 0 aliphatic heterocycles. The van der Waals surface area contributed by atoms with E-state index in [4.69, 9.17) is 5.73 Å². The predicted octanol–water partition coefficient (Wildman–Crippen LogP) is 0.784. The molecule has 1 aliphatic rings. The number of hydrogen-bond donors (Lipinski definition) is 1. The first-order valence-electron chi connectivity index (χ1n) is 2.74. The largest absolute Gasteiger partial charge is 0.327 e. The van der Waals surface area contributed by atoms with E-state index in [1.165, 1.54) is 0 Å². The second-order valence-corrected chi connectivity index (χ2v) is 2.26. The van der Waals surface area contributed by atoms with Crippen molar-refractivity contribution in [3.05, 3.63) is 0 Å². The van der Waals surface area contributed by atoms with Gasteiger partial charge in [-0.15, -0.1) is 0 Å². The molecule has 8 heavy (non-hydrogen) atoms. The van der Waals surface area contributed by atoms with Crippen LogP contribution in [0, 0.1) is 0 Å². The second kappa shape index (κ2) is 1.97. The summed E-state index contributed by atoms with van der Waals surface area (Å²) < 4.78 is 24.2. The van der Waals surface area contributed by atoms with Crippen LogP contribution < -0.4 is 5.73 Å². The Labute approximate surface area is 46.9 Å². The van der Waals surface area contributed by atoms with Crippen molar-refractivity contribution in [3.63, 3.8) is 0 Å². The molecule has 0 aromatic heterocycles. The standard InChI is InChI=1S/C5H9F2N/c6-4-1-3(8)2-5(4)7/h3-5H,1-2,8H2/t3?,4-,5+. The minimum absolute atomic E-state index is 0.196. The van der Waals surface area contributed by atoms with Gasteiger partial charge >= 0.3 is 0 Å². The van der Waals surface area contributed by atoms with E-state index in [1.807, 2.05) is 0 Å². The maximum Gasteiger partial charge on any atom is 0.133 e. The van der Waals surface area contributed by atoms with Gasteiger partial charge in [0.1, 0.15) is 12.3 Å². The molecule has 0 aromatic carbocycles. The van der Waals surface area contributed by atoms with Crippen molar-refractivity contribution in [3.8, 4) is 0 Å². The highest BCUT2D eigenvalue weighted by molar-refractivity contribution is 4.85. The van der Waals surface area contributed by atoms with Crippen molar-refractivity contribution in [1.29, 1.82) is 0 Å². The lowest BCUT2D eigenvalue weighted by Crippen LogP contribution is -2.15. The van der Waals surface area contributed by atoms with Crippen molar-refractivity contribution in [1.82, 2.24) is 0 Å². The lowest BCUT2D eigenvalue weighted by molar-refractivity contribution is 0.199. The van der Waals surface area contributed by atoms with Gasteiger partial charge in [0.25, 0.3) is 0 Å². The Morgan fingerprint density at radius 3 is 1.62 bits per heavy atom. The van der Waals surface area contributed by atoms with Crippen LogP contribution in [0.5, 0.6) is 0 Å². The Bertz CT molecular complexity index is 76.5. The fourth-order valence-corrected chi connectivity index (χ4v) is 0.970. The molecule has 1 fully saturated rings. The van der Waals surface area contributed by atoms with E-state index in [1.54, 1.807) is 0 Å². The summed E-state index contributed by atoms with van der Waals surface area (Å²) >= 11 is 0. The first-order chi connectivity index (χ1) is 3.70. The van der Waals surface area contributed by atoms with E-state index in [9.17, 15) is 8.78 Å². The van der Waals surface area contributed by atoms with Crippen LogP contribution in [-0.2, 0) is 0 Å². The molecule has 1 aliphatic carbocycles. The van der Waals surface area contributed by atoms with Crippen LogP contribution in [-0.4, -0.2) is 18.4 Å². The van der Waals surface area contributed by atoms with Crippen LogP contribution in [0.2, 0.25) is 0 Å². The summed E-state index contributed by atoms with van der Waals surface area (Å²) in [6, 6.07) is -0.250. The van der Waals surface area contributed by atoms with Crippen LogP contribution in [0.25, 0.3) is 0 Å². The smallest absolute Gasteiger partial charge is 0.133 e. The molecule has 1 nitrogen and oxygen atoms in total. The maximum absolute atomic E-state index is 12.1. The molecule has 0 amide bonds. The second-order valence-electron chi connectivity index (χ2n) is 2.26. The monoisotopic (exact) mass is 121 g/mol. The molecule has 0 radical (unpaired) electrons. The van der Waals surface area contributed by atoms with Gasteiger partial charge in [0.15, 0.2) is 0 Å². The molecular formula is C5H9F2N. The van der Waals surface area contributed by atoms with Crippen molar-refractivity contribution in [2.45, 2.75) is 31.2 Å². The van der Waals surface area contributed by atoms with Crippen molar-refractivity contribution < 1.29 is 8.78 Å². The highest BCUT2D eigenvalue weighted by atomic mass is 19.2. The van der Waals surface area contributed by atoms with Crippen molar-refractivity contribution in [2.75, 3.05) is 0 Å². The maximum atomic E-state index is 12.1. The molecule has 2 N–H and O–H groups in total. The summed E-state index contributed by atoms with van der Waals surface area (Å²) in [6.07, 6.45) is -2.21. The lowest BCUT2D eigenvalue weighted by Gasteiger charge is -1.96. The number of halogens is 2. The normalized spacial score (nSPS) is 47.6. The van der Waals surface area contributed by atoms with Gasteiger partial charge in [-0.25, -0.2) is 8.78 Å². The highest BCUT2D eigenvalue weighted by Crippen LogP contribution is 2.23. The zero-order valence-electron chi connectivity index (χ0n) is 4.48. The van der Waals surface area contributed by atoms with E-state index in [0.29, 0.717) is 0 Å². The molecule has 0 spiro atoms. The fraction of sp³-hybridized carbons (Fsp3) is 1.00. The SMILES string of the molecule is NC1C[C@@H](F)[C@@H](F)C1. The van der Waals surface area contributed by atoms with Crippen LogP contribution in [0.3, 0.4) is 0 Å². The summed E-state index contributed by atoms with van der Waals surface area (Å²) in [4.78, 5) is 0. The van der Waals surface area contributed by atoms with Crippen LogP contribution in [0.4, 0.5) is 8.78 Å². The summed E-state index contributed by atoms with van der Waals surface area (Å²) in [7, 11) is 0. The van der Waals surface area contributed by atoms with E-state index in [0.717, 1.165) is 0 Å². The summed E-state index contributed by atoms with van der Waals surface area (Å²) in [5.74, 6) is 0. The lowest BCUT2D eigenvalue weighted by atomic mass is 10.3. The van der Waals surface area contributed by atoms with Crippen LogP contribution in [0.1, 0.15) is 12.8 Å². The number of hydrogen-bond acceptors (Lipinski definition) is 1. The van der Waals surface area contributed by atoms with Gasteiger partial charge < -0.3 is 5.73 Å². The molecular weight excluding hydrogens is 112 g/mol. The summed E-state index contributed by atoms with van der Waals surface area (Å²) in [5.41, 5.74) is 5.24. The number of alkyl halides is 2. The van der Waals surface area contributed by atoms with Crippen molar-refractivity contribution in [2.24, 2.45) is 5.73 Å². The van der Waals surface area contributed by atoms with Crippen LogP contribution >= 0.6 is 0 Å². The Morgan fingerprint density at radius 2 is 1.50 bits per heavy atom. The molecule has 1 saturated carbocycles. The molecule has 0 heterocycles. The van der Waals surface area contributed by atoms with Gasteiger partial charge in [0.2, 0.25) is 0 Å². The Hall–Kier alpha value is -0.180. The molecule has 3 atom stereocenters. The van der Waals surface area contributed by atoms with Gasteiger partial charge in [-0.1, -0.05) is 0 Å². The highest BCUT2D eigenvalue weighted by Gasteiger charge is 2.31. The fourth-order valence-electron chi connectivity index (χ4n) is 0.970. The van der Waals surface area contributed by atoms with Crippen molar-refractivity contribution >= 4 is 0 Å². The third-order valence-corrected chi connectivity index (χ3v) is 1.45. The van der Waals surface area contributed by atoms with Gasteiger partial charge in [-0.05, 0) is 12.8 Å². The van der Waals surface area contributed by atoms with Gasteiger partial charge in [0, 0.05) is 6.04 Å². The molecule has 1 rings (SSSR count). The topological polar surface area (TPSA) is 26.0 Å². The summed E-state index contributed by atoms with van der Waals surface area (Å²) in [6.45, 7) is 0. The molecule has 48 valence electrons. The number of rotatable bonds is 0. The van der Waals surface area contributed by atoms with E-state index < -0.39 is 12.3 Å². The zero-order valence-corrected chi connectivity index (χ0v) is 4.48. The molecule has 0 saturated heterocycles. The molecule has 0 aromatic rings. The van der Waals surface area contributed by atoms with E-state index in [-0.39, 0.29) is 18.9 Å². The van der Waals surface area contributed by atoms with Gasteiger partial charge in [0.05, 0.1) is 0 Å². The van der Waals surface area contributed by atoms with Gasteiger partial charge in [-0.3, -0.25) is 0 Å². The average molecular weight is 121 g/mol. The summed E-state index contributed by atoms with van der Waals surface area (Å²) in [5, 5.41) is 0. The minimum atomic E-state index is -1.30. The average Bonchev–Trinajstić information content (AvgIpc) is 1.85. The Balaban J connectivity index is 2.39. The zero-order chi connectivity index (χ0) is 6.15. The predicted molar refractivity (Wildman–Crippen MR) is 27.0 cm³/mol. The number of nitrogens with two attached hydrogens (primary N) is 1. The minimum Gasteiger partial charge on any atom is -0.327 e.